The van der Waals surface area contributed by atoms with Crippen molar-refractivity contribution in [3.63, 3.8) is 0 Å². The number of imidazole rings is 1. The lowest BCUT2D eigenvalue weighted by Crippen LogP contribution is -2.37. The summed E-state index contributed by atoms with van der Waals surface area (Å²) in [5.41, 5.74) is 3.48. The maximum absolute atomic E-state index is 5.17. The summed E-state index contributed by atoms with van der Waals surface area (Å²) in [6.07, 6.45) is 2.92. The Morgan fingerprint density at radius 2 is 2.29 bits per heavy atom. The number of ether oxygens (including phenoxy) is 1. The minimum Gasteiger partial charge on any atom is -0.384 e. The van der Waals surface area contributed by atoms with E-state index in [9.17, 15) is 0 Å². The second kappa shape index (κ2) is 5.99. The lowest BCUT2D eigenvalue weighted by atomic mass is 10.2. The molecule has 6 heteroatoms. The third-order valence-corrected chi connectivity index (χ3v) is 4.19. The summed E-state index contributed by atoms with van der Waals surface area (Å²) in [6.45, 7) is 7.88. The molecule has 0 bridgehead atoms. The maximum atomic E-state index is 5.17. The molecule has 1 aliphatic rings. The average Bonchev–Trinajstić information content (AvgIpc) is 3.06. The van der Waals surface area contributed by atoms with Crippen LogP contribution in [0, 0.1) is 6.92 Å². The number of nitrogens with one attached hydrogen (secondary N) is 1. The minimum atomic E-state index is 0.312. The molecule has 0 radical (unpaired) electrons. The summed E-state index contributed by atoms with van der Waals surface area (Å²) in [7, 11) is 1.74. The van der Waals surface area contributed by atoms with Crippen molar-refractivity contribution < 1.29 is 4.74 Å². The average molecular weight is 289 g/mol. The van der Waals surface area contributed by atoms with E-state index in [0.29, 0.717) is 6.04 Å². The number of aromatic nitrogens is 4. The van der Waals surface area contributed by atoms with Gasteiger partial charge in [0.25, 0.3) is 0 Å². The molecule has 1 atom stereocenters. The normalized spacial score (nSPS) is 18.9. The van der Waals surface area contributed by atoms with E-state index in [2.05, 4.69) is 37.6 Å². The Balaban J connectivity index is 1.73. The zero-order valence-corrected chi connectivity index (χ0v) is 13.0. The Labute approximate surface area is 125 Å². The summed E-state index contributed by atoms with van der Waals surface area (Å²) in [4.78, 5) is 7.05. The number of methoxy groups -OCH3 is 1. The Hall–Kier alpha value is -1.66. The van der Waals surface area contributed by atoms with E-state index in [1.54, 1.807) is 7.11 Å². The predicted octanol–water partition coefficient (Wildman–Crippen LogP) is 1.68. The molecule has 21 heavy (non-hydrogen) atoms. The molecule has 0 spiro atoms. The summed E-state index contributed by atoms with van der Waals surface area (Å²) >= 11 is 0. The zero-order chi connectivity index (χ0) is 14.8. The van der Waals surface area contributed by atoms with Gasteiger partial charge in [-0.2, -0.15) is 5.10 Å². The van der Waals surface area contributed by atoms with Crippen molar-refractivity contribution in [1.29, 1.82) is 0 Å². The van der Waals surface area contributed by atoms with Crippen LogP contribution in [0.15, 0.2) is 12.3 Å². The second-order valence-electron chi connectivity index (χ2n) is 5.69. The molecule has 0 amide bonds. The van der Waals surface area contributed by atoms with Crippen LogP contribution in [0.25, 0.3) is 0 Å². The Morgan fingerprint density at radius 1 is 1.43 bits per heavy atom. The first kappa shape index (κ1) is 14.3. The molecule has 3 rings (SSSR count). The summed E-state index contributed by atoms with van der Waals surface area (Å²) in [6, 6.07) is 2.42. The van der Waals surface area contributed by atoms with E-state index in [1.807, 2.05) is 13.1 Å². The lowest BCUT2D eigenvalue weighted by Gasteiger charge is -2.33. The van der Waals surface area contributed by atoms with Crippen molar-refractivity contribution in [3.05, 3.63) is 35.2 Å². The molecule has 114 valence electrons. The van der Waals surface area contributed by atoms with Gasteiger partial charge in [-0.3, -0.25) is 10.00 Å². The van der Waals surface area contributed by atoms with Gasteiger partial charge in [0.15, 0.2) is 0 Å². The van der Waals surface area contributed by atoms with Crippen LogP contribution in [-0.2, 0) is 24.2 Å². The number of hydrogen-bond acceptors (Lipinski definition) is 4. The highest BCUT2D eigenvalue weighted by Crippen LogP contribution is 2.26. The van der Waals surface area contributed by atoms with Gasteiger partial charge in [-0.1, -0.05) is 0 Å². The van der Waals surface area contributed by atoms with Crippen LogP contribution < -0.4 is 0 Å². The third kappa shape index (κ3) is 2.87. The van der Waals surface area contributed by atoms with Crippen LogP contribution >= 0.6 is 0 Å². The van der Waals surface area contributed by atoms with Gasteiger partial charge >= 0.3 is 0 Å². The molecule has 0 aliphatic carbocycles. The maximum Gasteiger partial charge on any atom is 0.126 e. The van der Waals surface area contributed by atoms with Crippen molar-refractivity contribution >= 4 is 0 Å². The first-order valence-electron chi connectivity index (χ1n) is 7.47. The highest BCUT2D eigenvalue weighted by Gasteiger charge is 2.27. The largest absolute Gasteiger partial charge is 0.384 e. The number of hydrogen-bond donors (Lipinski definition) is 1. The van der Waals surface area contributed by atoms with Gasteiger partial charge in [0.1, 0.15) is 5.82 Å². The van der Waals surface area contributed by atoms with Gasteiger partial charge in [-0.25, -0.2) is 4.98 Å². The molecule has 2 aromatic heterocycles. The molecule has 1 aliphatic heterocycles. The quantitative estimate of drug-likeness (QED) is 0.910. The molecule has 0 fully saturated rings. The summed E-state index contributed by atoms with van der Waals surface area (Å²) in [5, 5.41) is 7.34. The topological polar surface area (TPSA) is 59.0 Å². The van der Waals surface area contributed by atoms with Crippen molar-refractivity contribution in [2.45, 2.75) is 39.4 Å². The third-order valence-electron chi connectivity index (χ3n) is 4.19. The van der Waals surface area contributed by atoms with Gasteiger partial charge in [-0.15, -0.1) is 0 Å². The van der Waals surface area contributed by atoms with Crippen LogP contribution in [0.1, 0.15) is 35.9 Å². The number of rotatable bonds is 5. The minimum absolute atomic E-state index is 0.312. The van der Waals surface area contributed by atoms with Crippen LogP contribution in [0.3, 0.4) is 0 Å². The molecule has 3 heterocycles. The first-order valence-corrected chi connectivity index (χ1v) is 7.47. The Kier molecular flexibility index (Phi) is 4.07. The number of H-pyrrole nitrogens is 1. The fraction of sp³-hybridized carbons (Fsp3) is 0.600. The van der Waals surface area contributed by atoms with E-state index >= 15 is 0 Å². The van der Waals surface area contributed by atoms with Crippen LogP contribution in [-0.4, -0.2) is 44.9 Å². The van der Waals surface area contributed by atoms with Crippen molar-refractivity contribution in [3.8, 4) is 0 Å². The standard InChI is InChI=1S/C15H23N5O/c1-11-8-13(18-17-11)10-19-5-6-20-14(4-7-21-3)9-16-15(20)12(19)2/h8-9,12H,4-7,10H2,1-3H3,(H,17,18). The van der Waals surface area contributed by atoms with Crippen molar-refractivity contribution in [2.75, 3.05) is 20.3 Å². The Bertz CT molecular complexity index is 603. The fourth-order valence-corrected chi connectivity index (χ4v) is 2.99. The molecule has 0 saturated carbocycles. The van der Waals surface area contributed by atoms with E-state index in [0.717, 1.165) is 49.9 Å². The van der Waals surface area contributed by atoms with Crippen LogP contribution in [0.2, 0.25) is 0 Å². The van der Waals surface area contributed by atoms with E-state index in [-0.39, 0.29) is 0 Å². The summed E-state index contributed by atoms with van der Waals surface area (Å²) in [5.74, 6) is 1.15. The SMILES string of the molecule is COCCc1cnc2n1CCN(Cc1cc(C)[nH]n1)C2C. The number of nitrogens with zero attached hydrogens (tertiary/aromatic N) is 4. The molecule has 6 nitrogen and oxygen atoms in total. The summed E-state index contributed by atoms with van der Waals surface area (Å²) < 4.78 is 7.52. The molecular weight excluding hydrogens is 266 g/mol. The van der Waals surface area contributed by atoms with Crippen molar-refractivity contribution in [2.24, 2.45) is 0 Å². The number of fused-ring (bicyclic) bond motifs is 1. The second-order valence-corrected chi connectivity index (χ2v) is 5.69. The first-order chi connectivity index (χ1) is 10.2. The molecule has 1 N–H and O–H groups in total. The van der Waals surface area contributed by atoms with E-state index < -0.39 is 0 Å². The van der Waals surface area contributed by atoms with Crippen molar-refractivity contribution in [1.82, 2.24) is 24.6 Å². The monoisotopic (exact) mass is 289 g/mol. The van der Waals surface area contributed by atoms with Gasteiger partial charge in [0.2, 0.25) is 0 Å². The number of aromatic amines is 1. The van der Waals surface area contributed by atoms with E-state index in [1.165, 1.54) is 5.69 Å². The fourth-order valence-electron chi connectivity index (χ4n) is 2.99. The molecule has 1 unspecified atom stereocenters. The Morgan fingerprint density at radius 3 is 3.00 bits per heavy atom. The van der Waals surface area contributed by atoms with Crippen LogP contribution in [0.5, 0.6) is 0 Å². The molecule has 2 aromatic rings. The smallest absolute Gasteiger partial charge is 0.126 e. The molecule has 0 aromatic carbocycles. The lowest BCUT2D eigenvalue weighted by molar-refractivity contribution is 0.151. The van der Waals surface area contributed by atoms with Gasteiger partial charge in [0.05, 0.1) is 18.3 Å². The van der Waals surface area contributed by atoms with E-state index in [4.69, 9.17) is 4.74 Å². The number of aryl methyl sites for hydroxylation is 1. The highest BCUT2D eigenvalue weighted by molar-refractivity contribution is 5.13. The van der Waals surface area contributed by atoms with Gasteiger partial charge in [0, 0.05) is 50.7 Å². The molecular formula is C15H23N5O. The highest BCUT2D eigenvalue weighted by atomic mass is 16.5. The van der Waals surface area contributed by atoms with Crippen LogP contribution in [0.4, 0.5) is 0 Å². The zero-order valence-electron chi connectivity index (χ0n) is 13.0. The van der Waals surface area contributed by atoms with Gasteiger partial charge < -0.3 is 9.30 Å². The van der Waals surface area contributed by atoms with Gasteiger partial charge in [-0.05, 0) is 19.9 Å². The molecule has 0 saturated heterocycles. The predicted molar refractivity (Wildman–Crippen MR) is 80.0 cm³/mol.